The van der Waals surface area contributed by atoms with E-state index in [1.54, 1.807) is 30.3 Å². The summed E-state index contributed by atoms with van der Waals surface area (Å²) >= 11 is 5.97. The van der Waals surface area contributed by atoms with E-state index in [2.05, 4.69) is 10.5 Å². The highest BCUT2D eigenvalue weighted by atomic mass is 35.5. The second-order valence-corrected chi connectivity index (χ2v) is 4.92. The molecule has 5 heteroatoms. The second kappa shape index (κ2) is 6.90. The lowest BCUT2D eigenvalue weighted by atomic mass is 10.1. The van der Waals surface area contributed by atoms with Crippen molar-refractivity contribution in [2.24, 2.45) is 5.10 Å². The highest BCUT2D eigenvalue weighted by Gasteiger charge is 2.06. The minimum atomic E-state index is -0.275. The van der Waals surface area contributed by atoms with Gasteiger partial charge in [-0.05, 0) is 48.4 Å². The fourth-order valence-electron chi connectivity index (χ4n) is 1.83. The number of hydrogen-bond donors (Lipinski definition) is 2. The van der Waals surface area contributed by atoms with Crippen LogP contribution in [0.15, 0.2) is 53.6 Å². The number of benzene rings is 2. The number of nitrogens with one attached hydrogen (secondary N) is 1. The Morgan fingerprint density at radius 1 is 1.19 bits per heavy atom. The number of rotatable bonds is 4. The first-order chi connectivity index (χ1) is 10.1. The topological polar surface area (TPSA) is 67.5 Å². The molecule has 21 heavy (non-hydrogen) atoms. The number of hydrazone groups is 1. The maximum atomic E-state index is 12.0. The van der Waals surface area contributed by atoms with Crippen LogP contribution in [-0.2, 0) is 0 Å². The first-order valence-electron chi connectivity index (χ1n) is 6.58. The number of carbonyl (C=O) groups is 1. The number of nitrogens with zero attached hydrogens (tertiary/aromatic N) is 1. The molecule has 2 aromatic carbocycles. The number of nitrogens with two attached hydrogens (primary N) is 1. The average molecular weight is 302 g/mol. The normalized spacial score (nSPS) is 11.2. The van der Waals surface area contributed by atoms with Crippen LogP contribution in [0.4, 0.5) is 5.69 Å². The van der Waals surface area contributed by atoms with Gasteiger partial charge in [0.05, 0.1) is 5.71 Å². The molecule has 0 aromatic heterocycles. The molecule has 1 amide bonds. The molecule has 108 valence electrons. The average Bonchev–Trinajstić information content (AvgIpc) is 2.48. The van der Waals surface area contributed by atoms with Gasteiger partial charge in [0.1, 0.15) is 0 Å². The van der Waals surface area contributed by atoms with Crippen molar-refractivity contribution < 1.29 is 4.79 Å². The van der Waals surface area contributed by atoms with Gasteiger partial charge in [0.2, 0.25) is 0 Å². The second-order valence-electron chi connectivity index (χ2n) is 4.49. The molecule has 0 aliphatic heterocycles. The Morgan fingerprint density at radius 3 is 2.52 bits per heavy atom. The summed E-state index contributed by atoms with van der Waals surface area (Å²) < 4.78 is 0. The molecule has 0 aliphatic carbocycles. The highest BCUT2D eigenvalue weighted by molar-refractivity contribution is 6.31. The lowest BCUT2D eigenvalue weighted by Gasteiger charge is -2.06. The van der Waals surface area contributed by atoms with Crippen molar-refractivity contribution in [2.45, 2.75) is 13.3 Å². The summed E-state index contributed by atoms with van der Waals surface area (Å²) in [5.74, 6) is -0.275. The van der Waals surface area contributed by atoms with Gasteiger partial charge in [-0.2, -0.15) is 5.10 Å². The standard InChI is InChI=1S/C16H16ClN3O/c1-2-15(12-4-3-5-13(17)10-12)19-20-16(21)11-6-8-14(18)9-7-11/h3-10H,2,18H2,1H3,(H,20,21)/b19-15+. The maximum absolute atomic E-state index is 12.0. The molecule has 0 radical (unpaired) electrons. The number of carbonyl (C=O) groups excluding carboxylic acids is 1. The van der Waals surface area contributed by atoms with Crippen LogP contribution in [0.1, 0.15) is 29.3 Å². The SMILES string of the molecule is CC/C(=N\NC(=O)c1ccc(N)cc1)c1cccc(Cl)c1. The van der Waals surface area contributed by atoms with Crippen LogP contribution < -0.4 is 11.2 Å². The van der Waals surface area contributed by atoms with E-state index in [0.717, 1.165) is 11.3 Å². The fraction of sp³-hybridized carbons (Fsp3) is 0.125. The van der Waals surface area contributed by atoms with Gasteiger partial charge in [-0.25, -0.2) is 5.43 Å². The minimum Gasteiger partial charge on any atom is -0.399 e. The summed E-state index contributed by atoms with van der Waals surface area (Å²) in [4.78, 5) is 12.0. The molecule has 3 N–H and O–H groups in total. The summed E-state index contributed by atoms with van der Waals surface area (Å²) in [5.41, 5.74) is 10.9. The van der Waals surface area contributed by atoms with Crippen LogP contribution in [0.25, 0.3) is 0 Å². The van der Waals surface area contributed by atoms with E-state index >= 15 is 0 Å². The van der Waals surface area contributed by atoms with Crippen LogP contribution in [0.3, 0.4) is 0 Å². The molecular formula is C16H16ClN3O. The third kappa shape index (κ3) is 4.07. The van der Waals surface area contributed by atoms with Crippen molar-refractivity contribution in [2.75, 3.05) is 5.73 Å². The van der Waals surface area contributed by atoms with Gasteiger partial charge in [0.15, 0.2) is 0 Å². The zero-order valence-electron chi connectivity index (χ0n) is 11.6. The molecule has 0 saturated heterocycles. The van der Waals surface area contributed by atoms with E-state index in [0.29, 0.717) is 22.7 Å². The van der Waals surface area contributed by atoms with Crippen molar-refractivity contribution in [3.63, 3.8) is 0 Å². The van der Waals surface area contributed by atoms with Crippen LogP contribution >= 0.6 is 11.6 Å². The van der Waals surface area contributed by atoms with Crippen LogP contribution in [0, 0.1) is 0 Å². The van der Waals surface area contributed by atoms with Gasteiger partial charge in [-0.15, -0.1) is 0 Å². The van der Waals surface area contributed by atoms with Gasteiger partial charge >= 0.3 is 0 Å². The molecule has 0 saturated carbocycles. The Balaban J connectivity index is 2.14. The first kappa shape index (κ1) is 15.1. The molecule has 2 aromatic rings. The number of hydrogen-bond acceptors (Lipinski definition) is 3. The molecule has 4 nitrogen and oxygen atoms in total. The van der Waals surface area contributed by atoms with Crippen LogP contribution in [-0.4, -0.2) is 11.6 Å². The Labute approximate surface area is 128 Å². The molecule has 0 fully saturated rings. The molecule has 0 unspecified atom stereocenters. The molecule has 0 bridgehead atoms. The predicted octanol–water partition coefficient (Wildman–Crippen LogP) is 3.47. The van der Waals surface area contributed by atoms with E-state index in [-0.39, 0.29) is 5.91 Å². The molecule has 2 rings (SSSR count). The zero-order chi connectivity index (χ0) is 15.2. The van der Waals surface area contributed by atoms with E-state index in [1.165, 1.54) is 0 Å². The molecular weight excluding hydrogens is 286 g/mol. The lowest BCUT2D eigenvalue weighted by Crippen LogP contribution is -2.20. The van der Waals surface area contributed by atoms with Crippen molar-refractivity contribution in [1.82, 2.24) is 5.43 Å². The Kier molecular flexibility index (Phi) is 4.95. The van der Waals surface area contributed by atoms with E-state index in [9.17, 15) is 4.79 Å². The highest BCUT2D eigenvalue weighted by Crippen LogP contribution is 2.13. The number of halogens is 1. The van der Waals surface area contributed by atoms with Crippen molar-refractivity contribution in [3.8, 4) is 0 Å². The van der Waals surface area contributed by atoms with Crippen molar-refractivity contribution in [3.05, 3.63) is 64.7 Å². The van der Waals surface area contributed by atoms with Crippen LogP contribution in [0.5, 0.6) is 0 Å². The maximum Gasteiger partial charge on any atom is 0.271 e. The monoisotopic (exact) mass is 301 g/mol. The predicted molar refractivity (Wildman–Crippen MR) is 86.6 cm³/mol. The largest absolute Gasteiger partial charge is 0.399 e. The van der Waals surface area contributed by atoms with E-state index in [1.807, 2.05) is 25.1 Å². The molecule has 0 heterocycles. The minimum absolute atomic E-state index is 0.275. The van der Waals surface area contributed by atoms with E-state index in [4.69, 9.17) is 17.3 Å². The van der Waals surface area contributed by atoms with Gasteiger partial charge in [-0.3, -0.25) is 4.79 Å². The van der Waals surface area contributed by atoms with Crippen LogP contribution in [0.2, 0.25) is 5.02 Å². The van der Waals surface area contributed by atoms with Gasteiger partial charge in [0, 0.05) is 16.3 Å². The quantitative estimate of drug-likeness (QED) is 0.516. The fourth-order valence-corrected chi connectivity index (χ4v) is 2.02. The summed E-state index contributed by atoms with van der Waals surface area (Å²) in [6, 6.07) is 14.0. The molecule has 0 atom stereocenters. The third-order valence-electron chi connectivity index (χ3n) is 2.96. The van der Waals surface area contributed by atoms with Gasteiger partial charge in [-0.1, -0.05) is 30.7 Å². The first-order valence-corrected chi connectivity index (χ1v) is 6.96. The smallest absolute Gasteiger partial charge is 0.271 e. The summed E-state index contributed by atoms with van der Waals surface area (Å²) in [6.07, 6.45) is 0.683. The summed E-state index contributed by atoms with van der Waals surface area (Å²) in [5, 5.41) is 4.82. The lowest BCUT2D eigenvalue weighted by molar-refractivity contribution is 0.0955. The number of amides is 1. The molecule has 0 spiro atoms. The van der Waals surface area contributed by atoms with E-state index < -0.39 is 0 Å². The number of anilines is 1. The third-order valence-corrected chi connectivity index (χ3v) is 3.19. The number of nitrogen functional groups attached to an aromatic ring is 1. The molecule has 0 aliphatic rings. The zero-order valence-corrected chi connectivity index (χ0v) is 12.4. The van der Waals surface area contributed by atoms with Gasteiger partial charge < -0.3 is 5.73 Å². The van der Waals surface area contributed by atoms with Crippen molar-refractivity contribution in [1.29, 1.82) is 0 Å². The Morgan fingerprint density at radius 2 is 1.90 bits per heavy atom. The van der Waals surface area contributed by atoms with Gasteiger partial charge in [0.25, 0.3) is 5.91 Å². The Hall–Kier alpha value is -2.33. The summed E-state index contributed by atoms with van der Waals surface area (Å²) in [6.45, 7) is 1.97. The summed E-state index contributed by atoms with van der Waals surface area (Å²) in [7, 11) is 0. The van der Waals surface area contributed by atoms with Crippen molar-refractivity contribution >= 4 is 28.9 Å². The Bertz CT molecular complexity index is 665.